The lowest BCUT2D eigenvalue weighted by Gasteiger charge is -2.01. The number of nitrogens with zero attached hydrogens (tertiary/aromatic N) is 1. The van der Waals surface area contributed by atoms with Crippen molar-refractivity contribution in [1.82, 2.24) is 9.97 Å². The van der Waals surface area contributed by atoms with Gasteiger partial charge in [0.05, 0.1) is 0 Å². The molecule has 0 aliphatic carbocycles. The predicted molar refractivity (Wildman–Crippen MR) is 73.0 cm³/mol. The Bertz CT molecular complexity index is 644. The minimum Gasteiger partial charge on any atom is -0.361 e. The van der Waals surface area contributed by atoms with Crippen molar-refractivity contribution in [1.29, 1.82) is 0 Å². The fraction of sp³-hybridized carbons (Fsp3) is 0.0714. The summed E-state index contributed by atoms with van der Waals surface area (Å²) in [6, 6.07) is 10.3. The third-order valence-corrected chi connectivity index (χ3v) is 3.51. The number of rotatable bonds is 2. The summed E-state index contributed by atoms with van der Waals surface area (Å²) < 4.78 is 1.13. The van der Waals surface area contributed by atoms with Gasteiger partial charge in [-0.25, -0.2) is 0 Å². The molecule has 0 saturated heterocycles. The molecule has 0 bridgehead atoms. The Balaban J connectivity index is 2.07. The topological polar surface area (TPSA) is 28.7 Å². The summed E-state index contributed by atoms with van der Waals surface area (Å²) in [6.45, 7) is 0. The lowest BCUT2D eigenvalue weighted by atomic mass is 10.1. The van der Waals surface area contributed by atoms with Gasteiger partial charge in [-0.1, -0.05) is 28.1 Å². The highest BCUT2D eigenvalue weighted by Crippen LogP contribution is 2.28. The molecule has 0 aliphatic heterocycles. The van der Waals surface area contributed by atoms with Crippen molar-refractivity contribution in [3.63, 3.8) is 0 Å². The Morgan fingerprint density at radius 2 is 2.12 bits per heavy atom. The van der Waals surface area contributed by atoms with E-state index >= 15 is 0 Å². The Labute approximate surface area is 108 Å². The molecule has 1 aromatic carbocycles. The first-order valence-electron chi connectivity index (χ1n) is 5.48. The molecule has 17 heavy (non-hydrogen) atoms. The maximum Gasteiger partial charge on any atom is 0.0468 e. The summed E-state index contributed by atoms with van der Waals surface area (Å²) in [7, 11) is 0. The number of hydrogen-bond donors (Lipinski definition) is 1. The molecule has 0 unspecified atom stereocenters. The molecule has 0 spiro atoms. The van der Waals surface area contributed by atoms with Gasteiger partial charge in [-0.15, -0.1) is 0 Å². The Kier molecular flexibility index (Phi) is 2.69. The third-order valence-electron chi connectivity index (χ3n) is 2.85. The van der Waals surface area contributed by atoms with Gasteiger partial charge in [0, 0.05) is 40.4 Å². The second-order valence-corrected chi connectivity index (χ2v) is 4.87. The largest absolute Gasteiger partial charge is 0.361 e. The molecule has 0 aliphatic rings. The van der Waals surface area contributed by atoms with E-state index < -0.39 is 0 Å². The van der Waals surface area contributed by atoms with Crippen LogP contribution in [0.1, 0.15) is 11.1 Å². The van der Waals surface area contributed by atoms with E-state index in [9.17, 15) is 0 Å². The van der Waals surface area contributed by atoms with E-state index in [1.54, 1.807) is 6.20 Å². The van der Waals surface area contributed by atoms with Crippen molar-refractivity contribution in [2.75, 3.05) is 0 Å². The maximum absolute atomic E-state index is 4.15. The zero-order valence-electron chi connectivity index (χ0n) is 9.15. The molecule has 0 radical (unpaired) electrons. The molecular formula is C14H11BrN2. The van der Waals surface area contributed by atoms with Crippen LogP contribution in [0, 0.1) is 0 Å². The van der Waals surface area contributed by atoms with Gasteiger partial charge in [0.2, 0.25) is 0 Å². The minimum atomic E-state index is 0.899. The highest BCUT2D eigenvalue weighted by molar-refractivity contribution is 9.10. The van der Waals surface area contributed by atoms with Crippen molar-refractivity contribution in [2.45, 2.75) is 6.42 Å². The normalized spacial score (nSPS) is 10.9. The average Bonchev–Trinajstić information content (AvgIpc) is 2.75. The van der Waals surface area contributed by atoms with Crippen LogP contribution in [0.25, 0.3) is 10.9 Å². The summed E-state index contributed by atoms with van der Waals surface area (Å²) in [6.07, 6.45) is 6.68. The van der Waals surface area contributed by atoms with E-state index in [0.29, 0.717) is 0 Å². The van der Waals surface area contributed by atoms with Crippen molar-refractivity contribution < 1.29 is 0 Å². The van der Waals surface area contributed by atoms with E-state index in [1.807, 2.05) is 18.3 Å². The first-order chi connectivity index (χ1) is 8.34. The van der Waals surface area contributed by atoms with Crippen LogP contribution in [0.2, 0.25) is 0 Å². The molecule has 0 saturated carbocycles. The van der Waals surface area contributed by atoms with Crippen molar-refractivity contribution in [3.8, 4) is 0 Å². The number of benzene rings is 1. The molecule has 2 nitrogen and oxygen atoms in total. The van der Waals surface area contributed by atoms with Crippen LogP contribution >= 0.6 is 15.9 Å². The average molecular weight is 287 g/mol. The number of fused-ring (bicyclic) bond motifs is 1. The van der Waals surface area contributed by atoms with E-state index in [-0.39, 0.29) is 0 Å². The highest BCUT2D eigenvalue weighted by atomic mass is 79.9. The summed E-state index contributed by atoms with van der Waals surface area (Å²) >= 11 is 3.60. The van der Waals surface area contributed by atoms with E-state index in [4.69, 9.17) is 0 Å². The number of nitrogens with one attached hydrogen (secondary N) is 1. The zero-order valence-corrected chi connectivity index (χ0v) is 10.7. The van der Waals surface area contributed by atoms with Gasteiger partial charge in [0.1, 0.15) is 0 Å². The van der Waals surface area contributed by atoms with Crippen molar-refractivity contribution in [2.24, 2.45) is 0 Å². The van der Waals surface area contributed by atoms with Crippen molar-refractivity contribution in [3.05, 3.63) is 64.5 Å². The molecule has 3 rings (SSSR count). The molecule has 84 valence electrons. The lowest BCUT2D eigenvalue weighted by molar-refractivity contribution is 1.15. The van der Waals surface area contributed by atoms with Crippen LogP contribution in [0.3, 0.4) is 0 Å². The molecule has 0 amide bonds. The Hall–Kier alpha value is -1.61. The first-order valence-corrected chi connectivity index (χ1v) is 6.27. The van der Waals surface area contributed by atoms with Gasteiger partial charge < -0.3 is 4.98 Å². The van der Waals surface area contributed by atoms with Gasteiger partial charge in [0.15, 0.2) is 0 Å². The van der Waals surface area contributed by atoms with E-state index in [0.717, 1.165) is 10.9 Å². The van der Waals surface area contributed by atoms with Crippen LogP contribution in [0.5, 0.6) is 0 Å². The minimum absolute atomic E-state index is 0.899. The number of H-pyrrole nitrogens is 1. The van der Waals surface area contributed by atoms with Crippen LogP contribution in [0.15, 0.2) is 53.4 Å². The third kappa shape index (κ3) is 1.98. The molecule has 2 aromatic heterocycles. The smallest absolute Gasteiger partial charge is 0.0468 e. The van der Waals surface area contributed by atoms with Gasteiger partial charge in [-0.2, -0.15) is 0 Å². The lowest BCUT2D eigenvalue weighted by Crippen LogP contribution is -1.87. The standard InChI is InChI=1S/C14H11BrN2/c15-12-4-1-5-13-14(12)11(9-17-13)7-10-3-2-6-16-8-10/h1-6,8-9,17H,7H2. The van der Waals surface area contributed by atoms with Gasteiger partial charge in [-0.05, 0) is 29.3 Å². The quantitative estimate of drug-likeness (QED) is 0.760. The number of aromatic nitrogens is 2. The van der Waals surface area contributed by atoms with Crippen molar-refractivity contribution >= 4 is 26.8 Å². The first kappa shape index (κ1) is 10.5. The number of pyridine rings is 1. The highest BCUT2D eigenvalue weighted by Gasteiger charge is 2.07. The second-order valence-electron chi connectivity index (χ2n) is 4.01. The van der Waals surface area contributed by atoms with Crippen LogP contribution in [-0.4, -0.2) is 9.97 Å². The summed E-state index contributed by atoms with van der Waals surface area (Å²) in [4.78, 5) is 7.44. The molecule has 0 atom stereocenters. The monoisotopic (exact) mass is 286 g/mol. The fourth-order valence-electron chi connectivity index (χ4n) is 2.07. The molecule has 3 aromatic rings. The number of hydrogen-bond acceptors (Lipinski definition) is 1. The summed E-state index contributed by atoms with van der Waals surface area (Å²) in [5, 5.41) is 1.26. The fourth-order valence-corrected chi connectivity index (χ4v) is 2.69. The SMILES string of the molecule is Brc1cccc2[nH]cc(Cc3cccnc3)c12. The van der Waals surface area contributed by atoms with Gasteiger partial charge in [0.25, 0.3) is 0 Å². The molecular weight excluding hydrogens is 276 g/mol. The zero-order chi connectivity index (χ0) is 11.7. The maximum atomic E-state index is 4.15. The van der Waals surface area contributed by atoms with Crippen LogP contribution in [-0.2, 0) is 6.42 Å². The van der Waals surface area contributed by atoms with Crippen LogP contribution in [0.4, 0.5) is 0 Å². The summed E-state index contributed by atoms with van der Waals surface area (Å²) in [5.41, 5.74) is 3.68. The Morgan fingerprint density at radius 3 is 2.94 bits per heavy atom. The van der Waals surface area contributed by atoms with Crippen LogP contribution < -0.4 is 0 Å². The molecule has 3 heteroatoms. The molecule has 1 N–H and O–H groups in total. The van der Waals surface area contributed by atoms with Gasteiger partial charge >= 0.3 is 0 Å². The van der Waals surface area contributed by atoms with Gasteiger partial charge in [-0.3, -0.25) is 4.98 Å². The second kappa shape index (κ2) is 4.34. The molecule has 0 fully saturated rings. The number of halogens is 1. The van der Waals surface area contributed by atoms with E-state index in [2.05, 4.69) is 50.3 Å². The van der Waals surface area contributed by atoms with E-state index in [1.165, 1.54) is 22.0 Å². The molecule has 2 heterocycles. The Morgan fingerprint density at radius 1 is 1.18 bits per heavy atom. The number of aromatic amines is 1. The predicted octanol–water partition coefficient (Wildman–Crippen LogP) is 3.92. The summed E-state index contributed by atoms with van der Waals surface area (Å²) in [5.74, 6) is 0.